The fraction of sp³-hybridized carbons (Fsp3) is 0.375. The van der Waals surface area contributed by atoms with Crippen LogP contribution in [0.25, 0.3) is 0 Å². The molecule has 0 aromatic carbocycles. The van der Waals surface area contributed by atoms with Crippen LogP contribution < -0.4 is 0 Å². The minimum atomic E-state index is -0.333. The molecule has 0 N–H and O–H groups in total. The molecule has 0 aliphatic carbocycles. The number of rotatable bonds is 7. The first kappa shape index (κ1) is 15.2. The van der Waals surface area contributed by atoms with Crippen LogP contribution in [-0.4, -0.2) is 17.6 Å². The lowest BCUT2D eigenvalue weighted by Crippen LogP contribution is -2.07. The summed E-state index contributed by atoms with van der Waals surface area (Å²) in [5.74, 6) is 0.183. The number of nitrogens with zero attached hydrogens (tertiary/aromatic N) is 1. The minimum Gasteiger partial charge on any atom is -0.458 e. The van der Waals surface area contributed by atoms with Crippen molar-refractivity contribution in [2.45, 2.75) is 26.7 Å². The van der Waals surface area contributed by atoms with Gasteiger partial charge in [-0.25, -0.2) is 4.79 Å². The van der Waals surface area contributed by atoms with Gasteiger partial charge in [-0.2, -0.15) is 0 Å². The third kappa shape index (κ3) is 6.00. The molecule has 1 atom stereocenters. The van der Waals surface area contributed by atoms with E-state index in [0.717, 1.165) is 18.4 Å². The van der Waals surface area contributed by atoms with Gasteiger partial charge in [0, 0.05) is 12.4 Å². The van der Waals surface area contributed by atoms with Gasteiger partial charge in [0.2, 0.25) is 0 Å². The maximum absolute atomic E-state index is 11.7. The fourth-order valence-corrected chi connectivity index (χ4v) is 1.52. The van der Waals surface area contributed by atoms with Crippen LogP contribution in [0.15, 0.2) is 48.8 Å². The van der Waals surface area contributed by atoms with Crippen molar-refractivity contribution in [2.75, 3.05) is 6.61 Å². The summed E-state index contributed by atoms with van der Waals surface area (Å²) in [6.07, 6.45) is 9.23. The molecule has 1 aromatic rings. The van der Waals surface area contributed by atoms with Crippen molar-refractivity contribution in [1.82, 2.24) is 4.98 Å². The van der Waals surface area contributed by atoms with Gasteiger partial charge in [0.15, 0.2) is 0 Å². The summed E-state index contributed by atoms with van der Waals surface area (Å²) in [6, 6.07) is 3.41. The van der Waals surface area contributed by atoms with E-state index in [1.165, 1.54) is 6.20 Å². The lowest BCUT2D eigenvalue weighted by molar-refractivity contribution is 0.0539. The van der Waals surface area contributed by atoms with Crippen LogP contribution in [-0.2, 0) is 4.74 Å². The Hall–Kier alpha value is -1.90. The molecule has 0 spiro atoms. The first-order valence-electron chi connectivity index (χ1n) is 6.48. The zero-order valence-electron chi connectivity index (χ0n) is 11.6. The Labute approximate surface area is 115 Å². The molecule has 1 unspecified atom stereocenters. The summed E-state index contributed by atoms with van der Waals surface area (Å²) in [6.45, 7) is 8.19. The third-order valence-corrected chi connectivity index (χ3v) is 2.85. The number of carbonyl (C=O) groups is 1. The van der Waals surface area contributed by atoms with E-state index >= 15 is 0 Å². The van der Waals surface area contributed by atoms with E-state index in [1.54, 1.807) is 18.3 Å². The molecule has 0 amide bonds. The van der Waals surface area contributed by atoms with E-state index in [2.05, 4.69) is 24.6 Å². The van der Waals surface area contributed by atoms with Crippen LogP contribution in [0.3, 0.4) is 0 Å². The van der Waals surface area contributed by atoms with Crippen molar-refractivity contribution in [1.29, 1.82) is 0 Å². The van der Waals surface area contributed by atoms with Crippen molar-refractivity contribution in [3.63, 3.8) is 0 Å². The van der Waals surface area contributed by atoms with Gasteiger partial charge < -0.3 is 4.74 Å². The van der Waals surface area contributed by atoms with Crippen LogP contribution in [0.2, 0.25) is 0 Å². The lowest BCUT2D eigenvalue weighted by atomic mass is 10.1. The highest BCUT2D eigenvalue weighted by atomic mass is 16.5. The fourth-order valence-electron chi connectivity index (χ4n) is 1.52. The number of hydrogen-bond donors (Lipinski definition) is 0. The predicted octanol–water partition coefficient (Wildman–Crippen LogP) is 3.79. The number of pyridine rings is 1. The average molecular weight is 259 g/mol. The molecule has 0 aliphatic rings. The molecule has 0 fully saturated rings. The van der Waals surface area contributed by atoms with Gasteiger partial charge in [-0.15, -0.1) is 6.58 Å². The Balaban J connectivity index is 2.33. The monoisotopic (exact) mass is 259 g/mol. The molecule has 0 saturated carbocycles. The van der Waals surface area contributed by atoms with Gasteiger partial charge in [-0.1, -0.05) is 19.1 Å². The number of aromatic nitrogens is 1. The predicted molar refractivity (Wildman–Crippen MR) is 76.9 cm³/mol. The van der Waals surface area contributed by atoms with E-state index in [9.17, 15) is 4.79 Å². The molecule has 3 heteroatoms. The smallest absolute Gasteiger partial charge is 0.340 e. The number of hydrogen-bond acceptors (Lipinski definition) is 3. The van der Waals surface area contributed by atoms with Crippen LogP contribution in [0.5, 0.6) is 0 Å². The SMILES string of the molecule is C=CC(C)CCC=C(C)COC(=O)c1cccnc1. The zero-order valence-corrected chi connectivity index (χ0v) is 11.6. The zero-order chi connectivity index (χ0) is 14.1. The molecule has 1 rings (SSSR count). The second-order valence-electron chi connectivity index (χ2n) is 4.66. The molecule has 0 saturated heterocycles. The summed E-state index contributed by atoms with van der Waals surface area (Å²) in [7, 11) is 0. The molecule has 102 valence electrons. The summed E-state index contributed by atoms with van der Waals surface area (Å²) in [5, 5.41) is 0. The highest BCUT2D eigenvalue weighted by Gasteiger charge is 2.06. The average Bonchev–Trinajstić information content (AvgIpc) is 2.45. The molecule has 0 bridgehead atoms. The second-order valence-corrected chi connectivity index (χ2v) is 4.66. The lowest BCUT2D eigenvalue weighted by Gasteiger charge is -2.06. The van der Waals surface area contributed by atoms with Crippen LogP contribution in [0, 0.1) is 5.92 Å². The van der Waals surface area contributed by atoms with Crippen molar-refractivity contribution in [3.8, 4) is 0 Å². The number of esters is 1. The Bertz CT molecular complexity index is 437. The van der Waals surface area contributed by atoms with Gasteiger partial charge in [0.25, 0.3) is 0 Å². The van der Waals surface area contributed by atoms with Crippen molar-refractivity contribution >= 4 is 5.97 Å². The van der Waals surface area contributed by atoms with Gasteiger partial charge in [-0.3, -0.25) is 4.98 Å². The maximum atomic E-state index is 11.7. The topological polar surface area (TPSA) is 39.2 Å². The van der Waals surface area contributed by atoms with Crippen molar-refractivity contribution in [3.05, 3.63) is 54.4 Å². The standard InChI is InChI=1S/C16H21NO2/c1-4-13(2)7-5-8-14(3)12-19-16(18)15-9-6-10-17-11-15/h4,6,8-11,13H,1,5,7,12H2,2-3H3. The van der Waals surface area contributed by atoms with Crippen LogP contribution >= 0.6 is 0 Å². The molecule has 3 nitrogen and oxygen atoms in total. The molecule has 1 aromatic heterocycles. The second kappa shape index (κ2) is 8.25. The van der Waals surface area contributed by atoms with E-state index < -0.39 is 0 Å². The maximum Gasteiger partial charge on any atom is 0.340 e. The normalized spacial score (nSPS) is 12.8. The van der Waals surface area contributed by atoms with E-state index in [-0.39, 0.29) is 5.97 Å². The van der Waals surface area contributed by atoms with Crippen molar-refractivity contribution < 1.29 is 9.53 Å². The van der Waals surface area contributed by atoms with Crippen molar-refractivity contribution in [2.24, 2.45) is 5.92 Å². The highest BCUT2D eigenvalue weighted by molar-refractivity contribution is 5.88. The Morgan fingerprint density at radius 3 is 3.00 bits per heavy atom. The first-order chi connectivity index (χ1) is 9.13. The Morgan fingerprint density at radius 2 is 2.37 bits per heavy atom. The number of allylic oxidation sites excluding steroid dienone is 2. The van der Waals surface area contributed by atoms with Gasteiger partial charge in [-0.05, 0) is 43.4 Å². The van der Waals surface area contributed by atoms with Gasteiger partial charge >= 0.3 is 5.97 Å². The number of carbonyl (C=O) groups excluding carboxylic acids is 1. The molecular weight excluding hydrogens is 238 g/mol. The van der Waals surface area contributed by atoms with Gasteiger partial charge in [0.1, 0.15) is 6.61 Å². The molecular formula is C16H21NO2. The van der Waals surface area contributed by atoms with E-state index in [0.29, 0.717) is 18.1 Å². The third-order valence-electron chi connectivity index (χ3n) is 2.85. The highest BCUT2D eigenvalue weighted by Crippen LogP contribution is 2.09. The minimum absolute atomic E-state index is 0.330. The molecule has 0 aliphatic heterocycles. The quantitative estimate of drug-likeness (QED) is 0.552. The number of ether oxygens (including phenoxy) is 1. The summed E-state index contributed by atoms with van der Waals surface area (Å²) in [5.41, 5.74) is 1.55. The summed E-state index contributed by atoms with van der Waals surface area (Å²) < 4.78 is 5.21. The molecule has 1 heterocycles. The van der Waals surface area contributed by atoms with Crippen LogP contribution in [0.1, 0.15) is 37.0 Å². The van der Waals surface area contributed by atoms with Gasteiger partial charge in [0.05, 0.1) is 5.56 Å². The molecule has 0 radical (unpaired) electrons. The Morgan fingerprint density at radius 1 is 1.58 bits per heavy atom. The van der Waals surface area contributed by atoms with Crippen LogP contribution in [0.4, 0.5) is 0 Å². The largest absolute Gasteiger partial charge is 0.458 e. The Kier molecular flexibility index (Phi) is 6.58. The summed E-state index contributed by atoms with van der Waals surface area (Å²) >= 11 is 0. The van der Waals surface area contributed by atoms with E-state index in [4.69, 9.17) is 4.74 Å². The molecule has 19 heavy (non-hydrogen) atoms. The van der Waals surface area contributed by atoms with E-state index in [1.807, 2.05) is 13.0 Å². The first-order valence-corrected chi connectivity index (χ1v) is 6.48. The summed E-state index contributed by atoms with van der Waals surface area (Å²) in [4.78, 5) is 15.6.